The van der Waals surface area contributed by atoms with Crippen molar-refractivity contribution >= 4 is 16.8 Å². The van der Waals surface area contributed by atoms with E-state index >= 15 is 0 Å². The normalized spacial score (nSPS) is 18.9. The molecule has 20 heavy (non-hydrogen) atoms. The summed E-state index contributed by atoms with van der Waals surface area (Å²) in [5, 5.41) is 4.02. The second-order valence-electron chi connectivity index (χ2n) is 5.13. The van der Waals surface area contributed by atoms with Crippen molar-refractivity contribution in [1.29, 1.82) is 0 Å². The highest BCUT2D eigenvalue weighted by Gasteiger charge is 2.29. The Morgan fingerprint density at radius 2 is 2.10 bits per heavy atom. The fourth-order valence-corrected chi connectivity index (χ4v) is 2.68. The molecule has 0 radical (unpaired) electrons. The molecule has 1 saturated heterocycles. The Balaban J connectivity index is 1.84. The van der Waals surface area contributed by atoms with Crippen LogP contribution in [0.25, 0.3) is 10.9 Å². The maximum atomic E-state index is 12.1. The van der Waals surface area contributed by atoms with E-state index in [1.165, 1.54) is 6.07 Å². The Morgan fingerprint density at radius 1 is 1.30 bits per heavy atom. The Kier molecular flexibility index (Phi) is 3.28. The molecule has 0 aliphatic carbocycles. The third-order valence-electron chi connectivity index (χ3n) is 3.81. The molecule has 2 N–H and O–H groups in total. The number of fused-ring (bicyclic) bond motifs is 1. The third-order valence-corrected chi connectivity index (χ3v) is 3.81. The summed E-state index contributed by atoms with van der Waals surface area (Å²) in [5.74, 6) is 0.147. The fraction of sp³-hybridized carbons (Fsp3) is 0.333. The van der Waals surface area contributed by atoms with Gasteiger partial charge in [0.1, 0.15) is 0 Å². The molecule has 1 atom stereocenters. The van der Waals surface area contributed by atoms with Crippen molar-refractivity contribution in [2.24, 2.45) is 0 Å². The fourth-order valence-electron chi connectivity index (χ4n) is 2.68. The first kappa shape index (κ1) is 12.9. The molecular weight excluding hydrogens is 254 g/mol. The van der Waals surface area contributed by atoms with Gasteiger partial charge in [-0.2, -0.15) is 0 Å². The Bertz CT molecular complexity index is 708. The smallest absolute Gasteiger partial charge is 0.248 e. The number of amides is 1. The lowest BCUT2D eigenvalue weighted by molar-refractivity contribution is -0.129. The zero-order valence-electron chi connectivity index (χ0n) is 11.3. The first-order valence-electron chi connectivity index (χ1n) is 6.75. The van der Waals surface area contributed by atoms with Gasteiger partial charge in [0.05, 0.1) is 6.04 Å². The van der Waals surface area contributed by atoms with Crippen molar-refractivity contribution in [3.63, 3.8) is 0 Å². The molecule has 3 rings (SSSR count). The van der Waals surface area contributed by atoms with Gasteiger partial charge in [0, 0.05) is 24.7 Å². The van der Waals surface area contributed by atoms with Crippen molar-refractivity contribution < 1.29 is 4.79 Å². The quantitative estimate of drug-likeness (QED) is 0.869. The van der Waals surface area contributed by atoms with Gasteiger partial charge in [-0.15, -0.1) is 0 Å². The number of hydrogen-bond acceptors (Lipinski definition) is 3. The van der Waals surface area contributed by atoms with Crippen LogP contribution in [0.4, 0.5) is 0 Å². The number of H-pyrrole nitrogens is 1. The number of aromatic amines is 1. The van der Waals surface area contributed by atoms with Gasteiger partial charge < -0.3 is 15.2 Å². The molecule has 1 aromatic heterocycles. The van der Waals surface area contributed by atoms with Crippen LogP contribution in [0.1, 0.15) is 12.0 Å². The SMILES string of the molecule is CN[C@H]1CCN(Cc2ccc3ccc(=O)[nH]c3c2)C1=O. The van der Waals surface area contributed by atoms with E-state index in [1.807, 2.05) is 30.1 Å². The summed E-state index contributed by atoms with van der Waals surface area (Å²) in [6, 6.07) is 9.17. The largest absolute Gasteiger partial charge is 0.337 e. The first-order valence-corrected chi connectivity index (χ1v) is 6.75. The average Bonchev–Trinajstić information content (AvgIpc) is 2.79. The summed E-state index contributed by atoms with van der Waals surface area (Å²) in [6.07, 6.45) is 0.847. The zero-order chi connectivity index (χ0) is 14.1. The van der Waals surface area contributed by atoms with E-state index in [0.29, 0.717) is 6.54 Å². The molecule has 2 heterocycles. The molecule has 5 heteroatoms. The van der Waals surface area contributed by atoms with E-state index < -0.39 is 0 Å². The van der Waals surface area contributed by atoms with E-state index in [9.17, 15) is 9.59 Å². The molecule has 1 aliphatic heterocycles. The molecule has 0 spiro atoms. The van der Waals surface area contributed by atoms with Gasteiger partial charge in [0.2, 0.25) is 11.5 Å². The number of nitrogens with one attached hydrogen (secondary N) is 2. The molecule has 0 unspecified atom stereocenters. The molecular formula is C15H17N3O2. The van der Waals surface area contributed by atoms with Crippen LogP contribution in [-0.4, -0.2) is 35.4 Å². The van der Waals surface area contributed by atoms with Crippen LogP contribution >= 0.6 is 0 Å². The van der Waals surface area contributed by atoms with E-state index in [0.717, 1.165) is 29.4 Å². The zero-order valence-corrected chi connectivity index (χ0v) is 11.3. The molecule has 5 nitrogen and oxygen atoms in total. The minimum atomic E-state index is -0.109. The van der Waals surface area contributed by atoms with Crippen LogP contribution < -0.4 is 10.9 Å². The number of benzene rings is 1. The van der Waals surface area contributed by atoms with Gasteiger partial charge in [-0.3, -0.25) is 9.59 Å². The maximum absolute atomic E-state index is 12.1. The number of hydrogen-bond donors (Lipinski definition) is 2. The van der Waals surface area contributed by atoms with Gasteiger partial charge >= 0.3 is 0 Å². The molecule has 1 amide bonds. The predicted octanol–water partition coefficient (Wildman–Crippen LogP) is 0.848. The second-order valence-corrected chi connectivity index (χ2v) is 5.13. The van der Waals surface area contributed by atoms with Crippen molar-refractivity contribution in [1.82, 2.24) is 15.2 Å². The summed E-state index contributed by atoms with van der Waals surface area (Å²) in [6.45, 7) is 1.36. The number of carbonyl (C=O) groups is 1. The number of aromatic nitrogens is 1. The number of carbonyl (C=O) groups excluding carboxylic acids is 1. The lowest BCUT2D eigenvalue weighted by atomic mass is 10.1. The van der Waals surface area contributed by atoms with Crippen LogP contribution in [0, 0.1) is 0 Å². The molecule has 0 saturated carbocycles. The van der Waals surface area contributed by atoms with Crippen molar-refractivity contribution in [3.8, 4) is 0 Å². The van der Waals surface area contributed by atoms with Crippen LogP contribution in [0.5, 0.6) is 0 Å². The molecule has 104 valence electrons. The number of likely N-dealkylation sites (tertiary alicyclic amines) is 1. The average molecular weight is 271 g/mol. The Labute approximate surface area is 116 Å². The molecule has 1 fully saturated rings. The van der Waals surface area contributed by atoms with Gasteiger partial charge in [0.25, 0.3) is 0 Å². The maximum Gasteiger partial charge on any atom is 0.248 e. The van der Waals surface area contributed by atoms with Gasteiger partial charge in [-0.25, -0.2) is 0 Å². The minimum absolute atomic E-state index is 0.0599. The molecule has 1 aliphatic rings. The topological polar surface area (TPSA) is 65.2 Å². The van der Waals surface area contributed by atoms with Crippen LogP contribution in [-0.2, 0) is 11.3 Å². The standard InChI is InChI=1S/C15H17N3O2/c1-16-12-6-7-18(15(12)20)9-10-2-3-11-4-5-14(19)17-13(11)8-10/h2-5,8,12,16H,6-7,9H2,1H3,(H,17,19)/t12-/m0/s1. The number of rotatable bonds is 3. The van der Waals surface area contributed by atoms with Crippen LogP contribution in [0.3, 0.4) is 0 Å². The molecule has 0 bridgehead atoms. The highest BCUT2D eigenvalue weighted by Crippen LogP contribution is 2.17. The van der Waals surface area contributed by atoms with Crippen molar-refractivity contribution in [2.45, 2.75) is 19.0 Å². The lowest BCUT2D eigenvalue weighted by Gasteiger charge is -2.17. The highest BCUT2D eigenvalue weighted by atomic mass is 16.2. The summed E-state index contributed by atoms with van der Waals surface area (Å²) in [7, 11) is 1.81. The second kappa shape index (κ2) is 5.09. The van der Waals surface area contributed by atoms with E-state index in [2.05, 4.69) is 10.3 Å². The summed E-state index contributed by atoms with van der Waals surface area (Å²) >= 11 is 0. The highest BCUT2D eigenvalue weighted by molar-refractivity contribution is 5.84. The number of likely N-dealkylation sites (N-methyl/N-ethyl adjacent to an activating group) is 1. The first-order chi connectivity index (χ1) is 9.67. The van der Waals surface area contributed by atoms with Crippen LogP contribution in [0.15, 0.2) is 35.1 Å². The Morgan fingerprint density at radius 3 is 2.85 bits per heavy atom. The Hall–Kier alpha value is -2.14. The van der Waals surface area contributed by atoms with Gasteiger partial charge in [0.15, 0.2) is 0 Å². The predicted molar refractivity (Wildman–Crippen MR) is 77.5 cm³/mol. The monoisotopic (exact) mass is 271 g/mol. The third kappa shape index (κ3) is 2.32. The number of nitrogens with zero attached hydrogens (tertiary/aromatic N) is 1. The molecule has 1 aromatic carbocycles. The van der Waals surface area contributed by atoms with E-state index in [4.69, 9.17) is 0 Å². The van der Waals surface area contributed by atoms with Crippen LogP contribution in [0.2, 0.25) is 0 Å². The van der Waals surface area contributed by atoms with Crippen molar-refractivity contribution in [2.75, 3.05) is 13.6 Å². The van der Waals surface area contributed by atoms with Gasteiger partial charge in [-0.1, -0.05) is 12.1 Å². The number of pyridine rings is 1. The lowest BCUT2D eigenvalue weighted by Crippen LogP contribution is -2.35. The van der Waals surface area contributed by atoms with Crippen molar-refractivity contribution in [3.05, 3.63) is 46.2 Å². The van der Waals surface area contributed by atoms with E-state index in [-0.39, 0.29) is 17.5 Å². The summed E-state index contributed by atoms with van der Waals surface area (Å²) in [4.78, 5) is 28.1. The minimum Gasteiger partial charge on any atom is -0.337 e. The summed E-state index contributed by atoms with van der Waals surface area (Å²) < 4.78 is 0. The van der Waals surface area contributed by atoms with Gasteiger partial charge in [-0.05, 0) is 36.6 Å². The molecule has 2 aromatic rings. The van der Waals surface area contributed by atoms with E-state index in [1.54, 1.807) is 6.07 Å². The summed E-state index contributed by atoms with van der Waals surface area (Å²) in [5.41, 5.74) is 1.73.